The predicted molar refractivity (Wildman–Crippen MR) is 134 cm³/mol. The monoisotopic (exact) mass is 468 g/mol. The fourth-order valence-electron chi connectivity index (χ4n) is 3.22. The van der Waals surface area contributed by atoms with Crippen molar-refractivity contribution in [1.29, 1.82) is 0 Å². The van der Waals surface area contributed by atoms with E-state index in [9.17, 15) is 0 Å². The number of aromatic nitrogens is 2. The molecule has 0 amide bonds. The van der Waals surface area contributed by atoms with Gasteiger partial charge in [0.2, 0.25) is 5.95 Å². The van der Waals surface area contributed by atoms with Crippen LogP contribution in [-0.2, 0) is 22.6 Å². The molecule has 1 aromatic carbocycles. The van der Waals surface area contributed by atoms with Gasteiger partial charge in [0.25, 0.3) is 0 Å². The predicted octanol–water partition coefficient (Wildman–Crippen LogP) is 5.13. The fourth-order valence-corrected chi connectivity index (χ4v) is 4.17. The van der Waals surface area contributed by atoms with Crippen LogP contribution in [-0.4, -0.2) is 55.9 Å². The van der Waals surface area contributed by atoms with Gasteiger partial charge in [-0.2, -0.15) is 0 Å². The molecule has 3 aromatic rings. The Labute approximate surface area is 200 Å². The summed E-state index contributed by atoms with van der Waals surface area (Å²) in [5, 5.41) is 3.34. The molecule has 0 aliphatic carbocycles. The van der Waals surface area contributed by atoms with E-state index in [0.717, 1.165) is 45.5 Å². The van der Waals surface area contributed by atoms with Crippen LogP contribution in [0.3, 0.4) is 0 Å². The molecule has 0 radical (unpaired) electrons. The van der Waals surface area contributed by atoms with Gasteiger partial charge in [0.1, 0.15) is 12.4 Å². The van der Waals surface area contributed by atoms with Gasteiger partial charge in [-0.3, -0.25) is 4.90 Å². The van der Waals surface area contributed by atoms with Gasteiger partial charge in [0.05, 0.1) is 23.8 Å². The lowest BCUT2D eigenvalue weighted by Crippen LogP contribution is -2.18. The maximum absolute atomic E-state index is 5.95. The number of anilines is 2. The van der Waals surface area contributed by atoms with Crippen molar-refractivity contribution in [1.82, 2.24) is 14.9 Å². The van der Waals surface area contributed by atoms with Gasteiger partial charge in [-0.05, 0) is 50.4 Å². The molecule has 8 heteroatoms. The highest BCUT2D eigenvalue weighted by molar-refractivity contribution is 7.15. The molecule has 0 aliphatic heterocycles. The van der Waals surface area contributed by atoms with Crippen LogP contribution in [0.25, 0.3) is 10.6 Å². The molecule has 0 fully saturated rings. The average molecular weight is 469 g/mol. The molecule has 3 rings (SSSR count). The van der Waals surface area contributed by atoms with Crippen molar-refractivity contribution in [2.24, 2.45) is 0 Å². The molecule has 1 N–H and O–H groups in total. The summed E-state index contributed by atoms with van der Waals surface area (Å²) in [5.41, 5.74) is 2.87. The second-order valence-electron chi connectivity index (χ2n) is 7.52. The molecule has 7 nitrogen and oxygen atoms in total. The summed E-state index contributed by atoms with van der Waals surface area (Å²) >= 11 is 1.67. The van der Waals surface area contributed by atoms with Crippen molar-refractivity contribution < 1.29 is 14.2 Å². The Kier molecular flexibility index (Phi) is 9.83. The number of methoxy groups -OCH3 is 2. The van der Waals surface area contributed by atoms with E-state index in [1.54, 1.807) is 31.8 Å². The molecular weight excluding hydrogens is 436 g/mol. The summed E-state index contributed by atoms with van der Waals surface area (Å²) < 4.78 is 16.3. The largest absolute Gasteiger partial charge is 0.491 e. The Balaban J connectivity index is 1.78. The summed E-state index contributed by atoms with van der Waals surface area (Å²) in [6.45, 7) is 5.30. The Morgan fingerprint density at radius 3 is 2.76 bits per heavy atom. The van der Waals surface area contributed by atoms with Crippen LogP contribution in [0.15, 0.2) is 54.7 Å². The normalized spacial score (nSPS) is 11.4. The van der Waals surface area contributed by atoms with E-state index in [-0.39, 0.29) is 0 Å². The number of rotatable bonds is 13. The fraction of sp³-hybridized carbons (Fsp3) is 0.360. The molecule has 0 spiro atoms. The number of benzene rings is 1. The van der Waals surface area contributed by atoms with Crippen molar-refractivity contribution >= 4 is 23.0 Å². The highest BCUT2D eigenvalue weighted by Crippen LogP contribution is 2.29. The molecule has 0 aliphatic rings. The van der Waals surface area contributed by atoms with E-state index >= 15 is 0 Å². The third-order valence-electron chi connectivity index (χ3n) is 4.81. The van der Waals surface area contributed by atoms with Gasteiger partial charge in [-0.15, -0.1) is 11.3 Å². The smallest absolute Gasteiger partial charge is 0.227 e. The zero-order chi connectivity index (χ0) is 23.5. The highest BCUT2D eigenvalue weighted by atomic mass is 32.1. The number of nitrogens with zero attached hydrogens (tertiary/aromatic N) is 3. The Morgan fingerprint density at radius 1 is 1.09 bits per heavy atom. The number of hydrogen-bond acceptors (Lipinski definition) is 8. The van der Waals surface area contributed by atoms with Crippen molar-refractivity contribution in [3.05, 3.63) is 65.2 Å². The lowest BCUT2D eigenvalue weighted by Gasteiger charge is -2.19. The maximum atomic E-state index is 5.95. The first kappa shape index (κ1) is 24.9. The molecule has 2 aromatic heterocycles. The molecule has 2 heterocycles. The van der Waals surface area contributed by atoms with Gasteiger partial charge in [0, 0.05) is 49.6 Å². The molecule has 33 heavy (non-hydrogen) atoms. The van der Waals surface area contributed by atoms with E-state index in [1.165, 1.54) is 0 Å². The molecule has 0 bridgehead atoms. The molecule has 0 atom stereocenters. The van der Waals surface area contributed by atoms with E-state index < -0.39 is 0 Å². The molecule has 176 valence electrons. The number of hydrogen-bond donors (Lipinski definition) is 1. The lowest BCUT2D eigenvalue weighted by molar-refractivity contribution is 0.145. The van der Waals surface area contributed by atoms with Crippen LogP contribution in [0.5, 0.6) is 5.75 Å². The summed E-state index contributed by atoms with van der Waals surface area (Å²) in [5.74, 6) is 1.40. The molecule has 0 saturated carbocycles. The third kappa shape index (κ3) is 7.64. The maximum Gasteiger partial charge on any atom is 0.227 e. The summed E-state index contributed by atoms with van der Waals surface area (Å²) in [7, 11) is 5.46. The van der Waals surface area contributed by atoms with Crippen LogP contribution in [0.4, 0.5) is 11.6 Å². The van der Waals surface area contributed by atoms with Crippen LogP contribution >= 0.6 is 11.3 Å². The first-order chi connectivity index (χ1) is 16.1. The average Bonchev–Trinajstić information content (AvgIpc) is 3.28. The van der Waals surface area contributed by atoms with Crippen molar-refractivity contribution in [3.63, 3.8) is 0 Å². The van der Waals surface area contributed by atoms with Gasteiger partial charge < -0.3 is 19.5 Å². The summed E-state index contributed by atoms with van der Waals surface area (Å²) in [6.07, 6.45) is 5.96. The van der Waals surface area contributed by atoms with Crippen LogP contribution in [0.2, 0.25) is 0 Å². The van der Waals surface area contributed by atoms with Crippen molar-refractivity contribution in [2.75, 3.05) is 46.3 Å². The van der Waals surface area contributed by atoms with E-state index in [2.05, 4.69) is 52.6 Å². The second kappa shape index (κ2) is 13.1. The number of nitrogens with one attached hydrogen (secondary N) is 1. The molecule has 0 saturated heterocycles. The third-order valence-corrected chi connectivity index (χ3v) is 5.89. The SMILES string of the molecule is C/C=C/CN(C)Cc1cc(Nc2nccc(-c3ccc(COC)s3)n2)ccc1OCCOC. The minimum atomic E-state index is 0.506. The zero-order valence-electron chi connectivity index (χ0n) is 19.7. The molecular formula is C25H32N4O3S. The van der Waals surface area contributed by atoms with E-state index in [0.29, 0.717) is 25.8 Å². The first-order valence-electron chi connectivity index (χ1n) is 10.9. The highest BCUT2D eigenvalue weighted by Gasteiger charge is 2.11. The Morgan fingerprint density at radius 2 is 1.97 bits per heavy atom. The minimum absolute atomic E-state index is 0.506. The molecule has 0 unspecified atom stereocenters. The van der Waals surface area contributed by atoms with Gasteiger partial charge in [-0.25, -0.2) is 9.97 Å². The minimum Gasteiger partial charge on any atom is -0.491 e. The Bertz CT molecular complexity index is 1040. The summed E-state index contributed by atoms with van der Waals surface area (Å²) in [6, 6.07) is 12.1. The quantitative estimate of drug-likeness (QED) is 0.275. The van der Waals surface area contributed by atoms with E-state index in [1.807, 2.05) is 25.1 Å². The van der Waals surface area contributed by atoms with Gasteiger partial charge in [-0.1, -0.05) is 12.2 Å². The van der Waals surface area contributed by atoms with Crippen LogP contribution in [0, 0.1) is 0 Å². The van der Waals surface area contributed by atoms with Crippen molar-refractivity contribution in [2.45, 2.75) is 20.1 Å². The standard InChI is InChI=1S/C25H32N4O3S/c1-5-6-13-29(2)17-19-16-20(7-9-23(19)32-15-14-30-3)27-25-26-12-11-22(28-25)24-10-8-21(33-24)18-31-4/h5-12,16H,13-15,17-18H2,1-4H3,(H,26,27,28)/b6-5+. The zero-order valence-corrected chi connectivity index (χ0v) is 20.5. The summed E-state index contributed by atoms with van der Waals surface area (Å²) in [4.78, 5) is 13.6. The van der Waals surface area contributed by atoms with Crippen LogP contribution in [0.1, 0.15) is 17.4 Å². The number of likely N-dealkylation sites (N-methyl/N-ethyl adjacent to an activating group) is 1. The first-order valence-corrected chi connectivity index (χ1v) is 11.7. The second-order valence-corrected chi connectivity index (χ2v) is 8.69. The topological polar surface area (TPSA) is 68.7 Å². The lowest BCUT2D eigenvalue weighted by atomic mass is 10.1. The van der Waals surface area contributed by atoms with Gasteiger partial charge >= 0.3 is 0 Å². The van der Waals surface area contributed by atoms with Crippen molar-refractivity contribution in [3.8, 4) is 16.3 Å². The number of ether oxygens (including phenoxy) is 3. The van der Waals surface area contributed by atoms with Crippen LogP contribution < -0.4 is 10.1 Å². The number of allylic oxidation sites excluding steroid dienone is 1. The number of thiophene rings is 1. The van der Waals surface area contributed by atoms with E-state index in [4.69, 9.17) is 19.2 Å². The Hall–Kier alpha value is -2.78. The van der Waals surface area contributed by atoms with Gasteiger partial charge in [0.15, 0.2) is 0 Å².